The lowest BCUT2D eigenvalue weighted by Gasteiger charge is -2.45. The van der Waals surface area contributed by atoms with Gasteiger partial charge in [-0.15, -0.1) is 0 Å². The maximum Gasteiger partial charge on any atom is 0.350 e. The third-order valence-corrected chi connectivity index (χ3v) is 6.66. The molecule has 17 heavy (non-hydrogen) atoms. The van der Waals surface area contributed by atoms with Crippen LogP contribution >= 0.6 is 7.60 Å². The first-order chi connectivity index (χ1) is 8.02. The first kappa shape index (κ1) is 15.2. The molecule has 0 N–H and O–H groups in total. The minimum absolute atomic E-state index is 0.419. The van der Waals surface area contributed by atoms with Crippen molar-refractivity contribution in [3.05, 3.63) is 0 Å². The molecule has 102 valence electrons. The topological polar surface area (TPSA) is 38.8 Å². The molecule has 1 rings (SSSR count). The second-order valence-corrected chi connectivity index (χ2v) is 7.11. The number of rotatable bonds is 6. The van der Waals surface area contributed by atoms with Gasteiger partial charge in [-0.1, -0.05) is 19.3 Å². The minimum atomic E-state index is -3.06. The summed E-state index contributed by atoms with van der Waals surface area (Å²) < 4.78 is 24.2. The molecule has 0 radical (unpaired) electrons. The maximum atomic E-state index is 13.0. The van der Waals surface area contributed by atoms with Crippen molar-refractivity contribution in [1.29, 1.82) is 0 Å². The third-order valence-electron chi connectivity index (χ3n) is 3.59. The molecule has 0 saturated heterocycles. The van der Waals surface area contributed by atoms with E-state index in [0.29, 0.717) is 13.2 Å². The molecule has 1 aliphatic rings. The Bertz CT molecular complexity index is 265. The highest BCUT2D eigenvalue weighted by atomic mass is 31.2. The first-order valence-corrected chi connectivity index (χ1v) is 8.13. The van der Waals surface area contributed by atoms with Gasteiger partial charge in [0.05, 0.1) is 13.2 Å². The van der Waals surface area contributed by atoms with Crippen LogP contribution in [-0.2, 0) is 13.6 Å². The van der Waals surface area contributed by atoms with E-state index in [1.807, 2.05) is 27.9 Å². The normalized spacial score (nSPS) is 20.8. The zero-order valence-electron chi connectivity index (χ0n) is 11.6. The molecule has 0 heterocycles. The van der Waals surface area contributed by atoms with Crippen LogP contribution in [0.1, 0.15) is 46.0 Å². The van der Waals surface area contributed by atoms with Crippen LogP contribution in [0, 0.1) is 0 Å². The van der Waals surface area contributed by atoms with E-state index < -0.39 is 12.9 Å². The maximum absolute atomic E-state index is 13.0. The van der Waals surface area contributed by atoms with Crippen LogP contribution in [0.3, 0.4) is 0 Å². The molecule has 1 aliphatic carbocycles. The predicted octanol–water partition coefficient (Wildman–Crippen LogP) is 3.47. The summed E-state index contributed by atoms with van der Waals surface area (Å²) in [7, 11) is 0.908. The summed E-state index contributed by atoms with van der Waals surface area (Å²) in [5.41, 5.74) is 0. The fourth-order valence-electron chi connectivity index (χ4n) is 2.70. The van der Waals surface area contributed by atoms with Gasteiger partial charge in [0, 0.05) is 0 Å². The van der Waals surface area contributed by atoms with Gasteiger partial charge in [-0.05, 0) is 40.8 Å². The Hall–Kier alpha value is 0.110. The fraction of sp³-hybridized carbons (Fsp3) is 1.00. The Balaban J connectivity index is 3.04. The van der Waals surface area contributed by atoms with E-state index in [2.05, 4.69) is 4.90 Å². The fourth-order valence-corrected chi connectivity index (χ4v) is 5.29. The third kappa shape index (κ3) is 2.93. The molecule has 1 saturated carbocycles. The lowest BCUT2D eigenvalue weighted by Crippen LogP contribution is -2.46. The van der Waals surface area contributed by atoms with Gasteiger partial charge in [0.1, 0.15) is 5.28 Å². The Labute approximate surface area is 105 Å². The van der Waals surface area contributed by atoms with Gasteiger partial charge in [-0.25, -0.2) is 0 Å². The molecule has 4 nitrogen and oxygen atoms in total. The average molecular weight is 263 g/mol. The van der Waals surface area contributed by atoms with E-state index >= 15 is 0 Å². The Morgan fingerprint density at radius 2 is 1.53 bits per heavy atom. The van der Waals surface area contributed by atoms with Crippen LogP contribution in [0.5, 0.6) is 0 Å². The largest absolute Gasteiger partial charge is 0.350 e. The summed E-state index contributed by atoms with van der Waals surface area (Å²) in [6, 6.07) is 0. The zero-order valence-corrected chi connectivity index (χ0v) is 12.5. The lowest BCUT2D eigenvalue weighted by atomic mass is 9.94. The standard InChI is InChI=1S/C12H26NO3P/c1-5-15-17(14,16-6-2)12(13(3)4)10-8-7-9-11-12/h5-11H2,1-4H3. The highest BCUT2D eigenvalue weighted by Gasteiger charge is 2.52. The van der Waals surface area contributed by atoms with E-state index in [1.165, 1.54) is 6.42 Å². The molecule has 0 aliphatic heterocycles. The molecular formula is C12H26NO3P. The summed E-state index contributed by atoms with van der Waals surface area (Å²) in [5, 5.41) is -0.419. The highest BCUT2D eigenvalue weighted by Crippen LogP contribution is 2.65. The second kappa shape index (κ2) is 6.33. The van der Waals surface area contributed by atoms with Crippen molar-refractivity contribution < 1.29 is 13.6 Å². The van der Waals surface area contributed by atoms with Crippen molar-refractivity contribution in [2.45, 2.75) is 51.2 Å². The van der Waals surface area contributed by atoms with E-state index in [-0.39, 0.29) is 0 Å². The van der Waals surface area contributed by atoms with Crippen LogP contribution in [0.25, 0.3) is 0 Å². The Morgan fingerprint density at radius 1 is 1.06 bits per heavy atom. The Morgan fingerprint density at radius 3 is 1.88 bits per heavy atom. The second-order valence-electron chi connectivity index (χ2n) is 4.77. The Kier molecular flexibility index (Phi) is 5.65. The van der Waals surface area contributed by atoms with Crippen LogP contribution in [0.2, 0.25) is 0 Å². The quantitative estimate of drug-likeness (QED) is 0.688. The molecule has 0 bridgehead atoms. The summed E-state index contributed by atoms with van der Waals surface area (Å²) >= 11 is 0. The van der Waals surface area contributed by atoms with Gasteiger partial charge >= 0.3 is 7.60 Å². The van der Waals surface area contributed by atoms with Gasteiger partial charge in [-0.3, -0.25) is 9.46 Å². The molecule has 0 unspecified atom stereocenters. The summed E-state index contributed by atoms with van der Waals surface area (Å²) in [6.07, 6.45) is 5.22. The predicted molar refractivity (Wildman–Crippen MR) is 70.4 cm³/mol. The number of hydrogen-bond acceptors (Lipinski definition) is 4. The SMILES string of the molecule is CCOP(=O)(OCC)C1(N(C)C)CCCCC1. The first-order valence-electron chi connectivity index (χ1n) is 6.59. The molecule has 0 aromatic rings. The minimum Gasteiger partial charge on any atom is -0.308 e. The summed E-state index contributed by atoms with van der Waals surface area (Å²) in [5.74, 6) is 0. The van der Waals surface area contributed by atoms with Crippen molar-refractivity contribution in [1.82, 2.24) is 4.90 Å². The van der Waals surface area contributed by atoms with Gasteiger partial charge < -0.3 is 9.05 Å². The lowest BCUT2D eigenvalue weighted by molar-refractivity contribution is 0.108. The van der Waals surface area contributed by atoms with Crippen molar-refractivity contribution >= 4 is 7.60 Å². The van der Waals surface area contributed by atoms with E-state index in [4.69, 9.17) is 9.05 Å². The van der Waals surface area contributed by atoms with Crippen LogP contribution in [-0.4, -0.2) is 37.5 Å². The van der Waals surface area contributed by atoms with E-state index in [9.17, 15) is 4.57 Å². The highest BCUT2D eigenvalue weighted by molar-refractivity contribution is 7.55. The van der Waals surface area contributed by atoms with E-state index in [1.54, 1.807) is 0 Å². The monoisotopic (exact) mass is 263 g/mol. The zero-order chi connectivity index (χ0) is 12.9. The number of hydrogen-bond donors (Lipinski definition) is 0. The van der Waals surface area contributed by atoms with Crippen molar-refractivity contribution in [2.24, 2.45) is 0 Å². The van der Waals surface area contributed by atoms with Crippen LogP contribution < -0.4 is 0 Å². The number of nitrogens with zero attached hydrogens (tertiary/aromatic N) is 1. The van der Waals surface area contributed by atoms with E-state index in [0.717, 1.165) is 25.7 Å². The van der Waals surface area contributed by atoms with Gasteiger partial charge in [0.25, 0.3) is 0 Å². The average Bonchev–Trinajstić information content (AvgIpc) is 2.30. The molecule has 1 fully saturated rings. The molecule has 0 spiro atoms. The molecule has 0 atom stereocenters. The van der Waals surface area contributed by atoms with Crippen molar-refractivity contribution in [3.63, 3.8) is 0 Å². The molecule has 0 aromatic carbocycles. The van der Waals surface area contributed by atoms with Crippen LogP contribution in [0.4, 0.5) is 0 Å². The summed E-state index contributed by atoms with van der Waals surface area (Å²) in [6.45, 7) is 4.62. The van der Waals surface area contributed by atoms with Gasteiger partial charge in [-0.2, -0.15) is 0 Å². The smallest absolute Gasteiger partial charge is 0.308 e. The molecule has 0 aromatic heterocycles. The molecular weight excluding hydrogens is 237 g/mol. The van der Waals surface area contributed by atoms with Gasteiger partial charge in [0.2, 0.25) is 0 Å². The van der Waals surface area contributed by atoms with Crippen molar-refractivity contribution in [3.8, 4) is 0 Å². The summed E-state index contributed by atoms with van der Waals surface area (Å²) in [4.78, 5) is 2.05. The van der Waals surface area contributed by atoms with Gasteiger partial charge in [0.15, 0.2) is 0 Å². The van der Waals surface area contributed by atoms with Crippen LogP contribution in [0.15, 0.2) is 0 Å². The van der Waals surface area contributed by atoms with Crippen molar-refractivity contribution in [2.75, 3.05) is 27.3 Å². The molecule has 0 amide bonds. The molecule has 5 heteroatoms.